The number of ether oxygens (including phenoxy) is 1. The minimum atomic E-state index is -1.16. The summed E-state index contributed by atoms with van der Waals surface area (Å²) < 4.78 is 7.94. The quantitative estimate of drug-likeness (QED) is 0.193. The second-order valence-electron chi connectivity index (χ2n) is 10.6. The lowest BCUT2D eigenvalue weighted by Gasteiger charge is -2.18. The van der Waals surface area contributed by atoms with Crippen molar-refractivity contribution in [1.82, 2.24) is 14.8 Å². The highest BCUT2D eigenvalue weighted by molar-refractivity contribution is 7.99. The molecule has 1 aromatic heterocycles. The number of nitrogens with zero attached hydrogens (tertiary/aromatic N) is 4. The molecule has 5 rings (SSSR count). The van der Waals surface area contributed by atoms with Gasteiger partial charge < -0.3 is 10.1 Å². The van der Waals surface area contributed by atoms with Crippen LogP contribution in [0.3, 0.4) is 0 Å². The molecule has 0 spiro atoms. The Morgan fingerprint density at radius 3 is 2.37 bits per heavy atom. The van der Waals surface area contributed by atoms with Gasteiger partial charge in [-0.3, -0.25) is 0 Å². The van der Waals surface area contributed by atoms with Crippen LogP contribution >= 0.6 is 11.8 Å². The van der Waals surface area contributed by atoms with Crippen molar-refractivity contribution in [3.05, 3.63) is 64.0 Å². The number of fused-ring (bicyclic) bond motifs is 2. The molecule has 0 fully saturated rings. The molecule has 0 saturated heterocycles. The monoisotopic (exact) mass is 503 g/mol. The van der Waals surface area contributed by atoms with Gasteiger partial charge >= 0.3 is 0 Å². The van der Waals surface area contributed by atoms with Gasteiger partial charge in [0.05, 0.1) is 6.57 Å². The molecule has 0 radical (unpaired) electrons. The fraction of sp³-hybridized carbons (Fsp3) is 0.444. The third-order valence-corrected chi connectivity index (χ3v) is 9.31. The zero-order valence-corrected chi connectivity index (χ0v) is 22.7. The third-order valence-electron chi connectivity index (χ3n) is 6.75. The molecule has 2 aliphatic carbocycles. The van der Waals surface area contributed by atoms with Crippen LogP contribution in [-0.4, -0.2) is 29.4 Å². The summed E-state index contributed by atoms with van der Waals surface area (Å²) in [5.74, 6) is 0.743. The molecule has 2 aromatic carbocycles. The highest BCUT2D eigenvalue weighted by Crippen LogP contribution is 2.40. The Balaban J connectivity index is 1.42. The summed E-state index contributed by atoms with van der Waals surface area (Å²) in [7, 11) is -1.16. The molecule has 0 atom stereocenters. The average molecular weight is 504 g/mol. The van der Waals surface area contributed by atoms with Gasteiger partial charge in [-0.05, 0) is 78.6 Å². The molecule has 0 saturated carbocycles. The summed E-state index contributed by atoms with van der Waals surface area (Å²) >= 11 is 1.51. The van der Waals surface area contributed by atoms with Gasteiger partial charge in [-0.15, -0.1) is 5.10 Å². The Hall–Kier alpha value is -2.60. The molecule has 35 heavy (non-hydrogen) atoms. The molecular weight excluding hydrogens is 470 g/mol. The molecule has 3 aromatic rings. The van der Waals surface area contributed by atoms with Crippen LogP contribution in [0.2, 0.25) is 25.7 Å². The van der Waals surface area contributed by atoms with Crippen LogP contribution < -0.4 is 5.32 Å². The van der Waals surface area contributed by atoms with Crippen LogP contribution in [0, 0.1) is 6.57 Å². The van der Waals surface area contributed by atoms with Gasteiger partial charge in [0.25, 0.3) is 0 Å². The van der Waals surface area contributed by atoms with Crippen molar-refractivity contribution in [2.24, 2.45) is 0 Å². The zero-order chi connectivity index (χ0) is 24.4. The number of aromatic nitrogens is 3. The van der Waals surface area contributed by atoms with E-state index in [9.17, 15) is 0 Å². The van der Waals surface area contributed by atoms with Crippen molar-refractivity contribution >= 4 is 37.2 Å². The molecule has 1 N–H and O–H groups in total. The molecule has 8 heteroatoms. The molecule has 2 aliphatic rings. The van der Waals surface area contributed by atoms with Crippen molar-refractivity contribution in [3.63, 3.8) is 0 Å². The summed E-state index contributed by atoms with van der Waals surface area (Å²) in [4.78, 5) is 9.39. The van der Waals surface area contributed by atoms with Gasteiger partial charge in [-0.25, -0.2) is 9.53 Å². The second-order valence-corrected chi connectivity index (χ2v) is 17.3. The number of hydrogen-bond donors (Lipinski definition) is 1. The number of nitrogens with one attached hydrogen (secondary N) is 1. The standard InChI is InChI=1S/C27H33N5OSSi/c1-28-21-11-13-22(14-12-21)34-27-30-26(32(31-27)18-33-15-16-35(2,3)4)29-25-23-9-5-7-19(23)17-20-8-6-10-24(20)25/h11-14,17H,5-10,15-16,18H2,2-4H3,(H,29,30,31). The van der Waals surface area contributed by atoms with Crippen LogP contribution in [0.5, 0.6) is 0 Å². The van der Waals surface area contributed by atoms with Crippen molar-refractivity contribution in [3.8, 4) is 0 Å². The summed E-state index contributed by atoms with van der Waals surface area (Å²) in [6.07, 6.45) is 7.04. The number of anilines is 2. The van der Waals surface area contributed by atoms with E-state index in [0.29, 0.717) is 17.6 Å². The van der Waals surface area contributed by atoms with Crippen molar-refractivity contribution in [1.29, 1.82) is 0 Å². The van der Waals surface area contributed by atoms with E-state index in [1.54, 1.807) is 0 Å². The van der Waals surface area contributed by atoms with E-state index in [1.165, 1.54) is 65.4 Å². The minimum absolute atomic E-state index is 0.383. The van der Waals surface area contributed by atoms with E-state index in [-0.39, 0.29) is 0 Å². The normalized spacial score (nSPS) is 14.6. The highest BCUT2D eigenvalue weighted by Gasteiger charge is 2.25. The number of aryl methyl sites for hydroxylation is 2. The first-order valence-corrected chi connectivity index (χ1v) is 17.0. The van der Waals surface area contributed by atoms with E-state index < -0.39 is 8.07 Å². The van der Waals surface area contributed by atoms with E-state index in [2.05, 4.69) is 35.9 Å². The average Bonchev–Trinajstić information content (AvgIpc) is 3.56. The largest absolute Gasteiger partial charge is 0.359 e. The Morgan fingerprint density at radius 1 is 1.06 bits per heavy atom. The first-order valence-electron chi connectivity index (χ1n) is 12.5. The Labute approximate surface area is 213 Å². The Kier molecular flexibility index (Phi) is 7.01. The molecule has 182 valence electrons. The number of hydrogen-bond acceptors (Lipinski definition) is 5. The summed E-state index contributed by atoms with van der Waals surface area (Å²) in [6.45, 7) is 15.4. The van der Waals surface area contributed by atoms with Gasteiger partial charge in [0, 0.05) is 25.3 Å². The summed E-state index contributed by atoms with van der Waals surface area (Å²) in [6, 6.07) is 11.1. The molecule has 6 nitrogen and oxygen atoms in total. The molecule has 0 aliphatic heterocycles. The summed E-state index contributed by atoms with van der Waals surface area (Å²) in [5, 5.41) is 9.20. The fourth-order valence-corrected chi connectivity index (χ4v) is 6.36. The molecule has 0 unspecified atom stereocenters. The maximum Gasteiger partial charge on any atom is 0.228 e. The van der Waals surface area contributed by atoms with Crippen LogP contribution in [0.25, 0.3) is 4.85 Å². The first-order chi connectivity index (χ1) is 16.9. The Bertz CT molecular complexity index is 1220. The van der Waals surface area contributed by atoms with Crippen LogP contribution in [-0.2, 0) is 37.2 Å². The fourth-order valence-electron chi connectivity index (χ4n) is 4.85. The van der Waals surface area contributed by atoms with Gasteiger partial charge in [0.1, 0.15) is 6.73 Å². The Morgan fingerprint density at radius 2 is 1.74 bits per heavy atom. The number of benzene rings is 2. The van der Waals surface area contributed by atoms with E-state index >= 15 is 0 Å². The predicted octanol–water partition coefficient (Wildman–Crippen LogP) is 7.01. The van der Waals surface area contributed by atoms with Crippen molar-refractivity contribution in [2.75, 3.05) is 11.9 Å². The van der Waals surface area contributed by atoms with Gasteiger partial charge in [0.15, 0.2) is 5.69 Å². The smallest absolute Gasteiger partial charge is 0.228 e. The minimum Gasteiger partial charge on any atom is -0.359 e. The molecule has 1 heterocycles. The molecule has 0 bridgehead atoms. The van der Waals surface area contributed by atoms with E-state index in [0.717, 1.165) is 36.3 Å². The van der Waals surface area contributed by atoms with Gasteiger partial charge in [-0.2, -0.15) is 4.98 Å². The lowest BCUT2D eigenvalue weighted by Crippen LogP contribution is -2.22. The lowest BCUT2D eigenvalue weighted by atomic mass is 9.99. The topological polar surface area (TPSA) is 56.3 Å². The van der Waals surface area contributed by atoms with Gasteiger partial charge in [0.2, 0.25) is 11.1 Å². The molecule has 0 amide bonds. The van der Waals surface area contributed by atoms with Crippen molar-refractivity contribution < 1.29 is 4.74 Å². The van der Waals surface area contributed by atoms with Crippen LogP contribution in [0.4, 0.5) is 17.3 Å². The van der Waals surface area contributed by atoms with Crippen LogP contribution in [0.15, 0.2) is 40.4 Å². The lowest BCUT2D eigenvalue weighted by molar-refractivity contribution is 0.0792. The van der Waals surface area contributed by atoms with Gasteiger partial charge in [-0.1, -0.05) is 50.0 Å². The predicted molar refractivity (Wildman–Crippen MR) is 145 cm³/mol. The highest BCUT2D eigenvalue weighted by atomic mass is 32.2. The van der Waals surface area contributed by atoms with E-state index in [4.69, 9.17) is 21.4 Å². The number of rotatable bonds is 9. The molecular formula is C27H33N5OSSi. The maximum absolute atomic E-state index is 7.17. The first kappa shape index (κ1) is 24.1. The summed E-state index contributed by atoms with van der Waals surface area (Å²) in [5.41, 5.74) is 7.83. The third kappa shape index (κ3) is 5.63. The SMILES string of the molecule is [C-]#[N+]c1ccc(Sc2nc(Nc3c4c(cc5c3CCC5)CCC4)n(COCC[Si](C)(C)C)n2)cc1. The zero-order valence-electron chi connectivity index (χ0n) is 20.9. The van der Waals surface area contributed by atoms with E-state index in [1.807, 2.05) is 28.9 Å². The van der Waals surface area contributed by atoms with Crippen LogP contribution in [0.1, 0.15) is 35.1 Å². The maximum atomic E-state index is 7.17. The van der Waals surface area contributed by atoms with Crippen molar-refractivity contribution in [2.45, 2.75) is 81.0 Å². The second kappa shape index (κ2) is 10.2.